The number of benzene rings is 1. The summed E-state index contributed by atoms with van der Waals surface area (Å²) in [5.74, 6) is 5.02. The first-order valence-corrected chi connectivity index (χ1v) is 8.93. The number of carbonyl (C=O) groups excluding carboxylic acids is 2. The van der Waals surface area contributed by atoms with Gasteiger partial charge < -0.3 is 14.2 Å². The number of methoxy groups -OCH3 is 2. The summed E-state index contributed by atoms with van der Waals surface area (Å²) in [7, 11) is 3.20. The van der Waals surface area contributed by atoms with E-state index in [0.717, 1.165) is 12.0 Å². The van der Waals surface area contributed by atoms with Crippen LogP contribution in [-0.4, -0.2) is 44.6 Å². The van der Waals surface area contributed by atoms with E-state index >= 15 is 0 Å². The molecule has 1 aliphatic carbocycles. The molecule has 5 heteroatoms. The monoisotopic (exact) mass is 354 g/mol. The van der Waals surface area contributed by atoms with Crippen LogP contribution in [0.3, 0.4) is 0 Å². The molecule has 26 heavy (non-hydrogen) atoms. The topological polar surface area (TPSA) is 61.8 Å². The van der Waals surface area contributed by atoms with Crippen LogP contribution in [0.25, 0.3) is 0 Å². The van der Waals surface area contributed by atoms with Gasteiger partial charge in [0.05, 0.1) is 37.8 Å². The number of ketones is 2. The van der Waals surface area contributed by atoms with Gasteiger partial charge in [-0.25, -0.2) is 0 Å². The molecule has 0 radical (unpaired) electrons. The highest BCUT2D eigenvalue weighted by Crippen LogP contribution is 2.55. The lowest BCUT2D eigenvalue weighted by Gasteiger charge is -2.25. The van der Waals surface area contributed by atoms with Crippen molar-refractivity contribution < 1.29 is 23.8 Å². The highest BCUT2D eigenvalue weighted by atomic mass is 16.5. The van der Waals surface area contributed by atoms with Gasteiger partial charge in [0.15, 0.2) is 11.6 Å². The zero-order valence-electron chi connectivity index (χ0n) is 15.2. The third-order valence-electron chi connectivity index (χ3n) is 5.89. The molecule has 0 aromatic heterocycles. The van der Waals surface area contributed by atoms with Gasteiger partial charge in [-0.2, -0.15) is 0 Å². The van der Waals surface area contributed by atoms with Gasteiger partial charge in [0.1, 0.15) is 11.7 Å². The van der Waals surface area contributed by atoms with E-state index in [2.05, 4.69) is 11.8 Å². The fourth-order valence-electron chi connectivity index (χ4n) is 4.93. The number of hydrogen-bond donors (Lipinski definition) is 0. The van der Waals surface area contributed by atoms with Crippen molar-refractivity contribution in [1.82, 2.24) is 0 Å². The van der Waals surface area contributed by atoms with Crippen molar-refractivity contribution in [3.05, 3.63) is 29.3 Å². The molecule has 2 aliphatic heterocycles. The van der Waals surface area contributed by atoms with Crippen LogP contribution >= 0.6 is 0 Å². The van der Waals surface area contributed by atoms with Crippen LogP contribution in [0.15, 0.2) is 18.2 Å². The summed E-state index contributed by atoms with van der Waals surface area (Å²) in [5, 5.41) is 0. The average Bonchev–Trinajstić information content (AvgIpc) is 3.27. The van der Waals surface area contributed by atoms with Crippen molar-refractivity contribution in [3.63, 3.8) is 0 Å². The lowest BCUT2D eigenvalue weighted by molar-refractivity contribution is -0.127. The molecule has 2 saturated heterocycles. The SMILES string of the molecule is CC#Cc1ccc(C2C(=O)[C@@H]3C4OC(C[C@@H]4COC)[C@@H]3C2=O)c(OC)c1. The Kier molecular flexibility index (Phi) is 4.34. The van der Waals surface area contributed by atoms with Crippen LogP contribution < -0.4 is 4.74 Å². The van der Waals surface area contributed by atoms with Crippen molar-refractivity contribution >= 4 is 11.6 Å². The van der Waals surface area contributed by atoms with E-state index in [-0.39, 0.29) is 41.5 Å². The van der Waals surface area contributed by atoms with Crippen LogP contribution in [0, 0.1) is 29.6 Å². The van der Waals surface area contributed by atoms with Crippen LogP contribution in [0.5, 0.6) is 5.75 Å². The summed E-state index contributed by atoms with van der Waals surface area (Å²) in [6.45, 7) is 2.32. The second kappa shape index (κ2) is 6.53. The van der Waals surface area contributed by atoms with Crippen molar-refractivity contribution in [1.29, 1.82) is 0 Å². The van der Waals surface area contributed by atoms with Gasteiger partial charge in [-0.05, 0) is 25.5 Å². The lowest BCUT2D eigenvalue weighted by Crippen LogP contribution is -2.36. The molecule has 1 saturated carbocycles. The van der Waals surface area contributed by atoms with Gasteiger partial charge in [0.2, 0.25) is 0 Å². The molecule has 5 nitrogen and oxygen atoms in total. The first-order chi connectivity index (χ1) is 12.6. The number of Topliss-reactive ketones (excluding diaryl/α,β-unsaturated/α-hetero) is 2. The van der Waals surface area contributed by atoms with Gasteiger partial charge >= 0.3 is 0 Å². The van der Waals surface area contributed by atoms with Crippen LogP contribution in [0.1, 0.15) is 30.4 Å². The average molecular weight is 354 g/mol. The molecule has 6 atom stereocenters. The minimum absolute atomic E-state index is 0.0315. The van der Waals surface area contributed by atoms with Crippen molar-refractivity contribution in [2.24, 2.45) is 17.8 Å². The smallest absolute Gasteiger partial charge is 0.154 e. The zero-order chi connectivity index (χ0) is 18.4. The van der Waals surface area contributed by atoms with E-state index in [0.29, 0.717) is 17.9 Å². The maximum absolute atomic E-state index is 13.2. The molecular formula is C21H22O5. The van der Waals surface area contributed by atoms with E-state index in [9.17, 15) is 9.59 Å². The van der Waals surface area contributed by atoms with Gasteiger partial charge in [-0.1, -0.05) is 12.0 Å². The highest BCUT2D eigenvalue weighted by Gasteiger charge is 2.65. The largest absolute Gasteiger partial charge is 0.496 e. The molecule has 2 heterocycles. The normalized spacial score (nSPS) is 34.6. The molecule has 3 unspecified atom stereocenters. The molecule has 2 bridgehead atoms. The number of hydrogen-bond acceptors (Lipinski definition) is 5. The molecule has 3 fully saturated rings. The molecule has 0 N–H and O–H groups in total. The Bertz CT molecular complexity index is 817. The van der Waals surface area contributed by atoms with Crippen LogP contribution in [0.2, 0.25) is 0 Å². The van der Waals surface area contributed by atoms with Crippen molar-refractivity contribution in [3.8, 4) is 17.6 Å². The van der Waals surface area contributed by atoms with Gasteiger partial charge in [-0.15, -0.1) is 5.92 Å². The fraction of sp³-hybridized carbons (Fsp3) is 0.524. The number of rotatable bonds is 4. The van der Waals surface area contributed by atoms with Crippen LogP contribution in [-0.2, 0) is 19.1 Å². The third-order valence-corrected chi connectivity index (χ3v) is 5.89. The van der Waals surface area contributed by atoms with Crippen molar-refractivity contribution in [2.75, 3.05) is 20.8 Å². The predicted molar refractivity (Wildman–Crippen MR) is 93.9 cm³/mol. The van der Waals surface area contributed by atoms with Gasteiger partial charge in [0.25, 0.3) is 0 Å². The van der Waals surface area contributed by atoms with Gasteiger partial charge in [-0.3, -0.25) is 9.59 Å². The molecule has 0 spiro atoms. The summed E-state index contributed by atoms with van der Waals surface area (Å²) in [4.78, 5) is 26.3. The highest BCUT2D eigenvalue weighted by molar-refractivity contribution is 6.17. The van der Waals surface area contributed by atoms with E-state index < -0.39 is 5.92 Å². The summed E-state index contributed by atoms with van der Waals surface area (Å²) >= 11 is 0. The Labute approximate surface area is 153 Å². The Morgan fingerprint density at radius 1 is 1.19 bits per heavy atom. The number of fused-ring (bicyclic) bond motifs is 5. The molecule has 4 rings (SSSR count). The summed E-state index contributed by atoms with van der Waals surface area (Å²) in [5.41, 5.74) is 1.44. The molecule has 1 aromatic carbocycles. The summed E-state index contributed by atoms with van der Waals surface area (Å²) in [6, 6.07) is 5.43. The molecule has 0 amide bonds. The Hall–Kier alpha value is -2.16. The molecule has 136 valence electrons. The summed E-state index contributed by atoms with van der Waals surface area (Å²) < 4.78 is 16.7. The van der Waals surface area contributed by atoms with Crippen LogP contribution in [0.4, 0.5) is 0 Å². The number of carbonyl (C=O) groups is 2. The molecular weight excluding hydrogens is 332 g/mol. The molecule has 1 aromatic rings. The van der Waals surface area contributed by atoms with Crippen molar-refractivity contribution in [2.45, 2.75) is 31.5 Å². The summed E-state index contributed by atoms with van der Waals surface area (Å²) in [6.07, 6.45) is 0.415. The standard InChI is InChI=1S/C21H22O5/c1-4-5-11-6-7-13(14(8-11)25-3)16-19(22)17-15-9-12(10-24-2)21(26-15)18(17)20(16)23/h6-8,12,15-18,21H,9-10H2,1-3H3/t12-,15?,16?,17+,18-,21?/m1/s1. The predicted octanol–water partition coefficient (Wildman–Crippen LogP) is 1.97. The van der Waals surface area contributed by atoms with Gasteiger partial charge in [0, 0.05) is 24.2 Å². The quantitative estimate of drug-likeness (QED) is 0.611. The first kappa shape index (κ1) is 17.3. The van der Waals surface area contributed by atoms with E-state index in [4.69, 9.17) is 14.2 Å². The Balaban J connectivity index is 1.68. The maximum Gasteiger partial charge on any atom is 0.154 e. The number of ether oxygens (including phenoxy) is 3. The fourth-order valence-corrected chi connectivity index (χ4v) is 4.93. The minimum Gasteiger partial charge on any atom is -0.496 e. The zero-order valence-corrected chi connectivity index (χ0v) is 15.2. The third kappa shape index (κ3) is 2.40. The van der Waals surface area contributed by atoms with E-state index in [1.54, 1.807) is 33.3 Å². The Morgan fingerprint density at radius 3 is 2.65 bits per heavy atom. The van der Waals surface area contributed by atoms with E-state index in [1.807, 2.05) is 6.07 Å². The maximum atomic E-state index is 13.2. The Morgan fingerprint density at radius 2 is 1.96 bits per heavy atom. The minimum atomic E-state index is -0.765. The van der Waals surface area contributed by atoms with E-state index in [1.165, 1.54) is 0 Å². The second-order valence-electron chi connectivity index (χ2n) is 7.21. The molecule has 3 aliphatic rings. The second-order valence-corrected chi connectivity index (χ2v) is 7.21. The first-order valence-electron chi connectivity index (χ1n) is 8.93. The lowest BCUT2D eigenvalue weighted by atomic mass is 9.75.